The summed E-state index contributed by atoms with van der Waals surface area (Å²) in [5.74, 6) is -0.383. The molecule has 0 aliphatic rings. The molecule has 0 saturated carbocycles. The van der Waals surface area contributed by atoms with E-state index < -0.39 is 15.8 Å². The van der Waals surface area contributed by atoms with Crippen LogP contribution in [0.5, 0.6) is 5.75 Å². The predicted molar refractivity (Wildman–Crippen MR) is 83.6 cm³/mol. The van der Waals surface area contributed by atoms with E-state index in [2.05, 4.69) is 15.9 Å². The number of methoxy groups -OCH3 is 1. The van der Waals surface area contributed by atoms with Gasteiger partial charge in [-0.05, 0) is 45.8 Å². The molecule has 0 saturated heterocycles. The second-order valence-corrected chi connectivity index (χ2v) is 9.02. The Morgan fingerprint density at radius 2 is 2.05 bits per heavy atom. The standard InChI is InChI=1S/C13H13BrFNO3S2/c1-16(21(17,18)13-6-5-12(14)20-13)8-9-3-4-11(19-2)10(15)7-9/h3-7H,8H2,1-2H3. The van der Waals surface area contributed by atoms with E-state index >= 15 is 0 Å². The van der Waals surface area contributed by atoms with Crippen molar-refractivity contribution in [2.24, 2.45) is 0 Å². The highest BCUT2D eigenvalue weighted by Crippen LogP contribution is 2.29. The fourth-order valence-electron chi connectivity index (χ4n) is 1.74. The van der Waals surface area contributed by atoms with Gasteiger partial charge in [0.05, 0.1) is 10.9 Å². The SMILES string of the molecule is COc1ccc(CN(C)S(=O)(=O)c2ccc(Br)s2)cc1F. The van der Waals surface area contributed by atoms with Gasteiger partial charge in [0.2, 0.25) is 0 Å². The monoisotopic (exact) mass is 393 g/mol. The van der Waals surface area contributed by atoms with Crippen molar-refractivity contribution in [2.75, 3.05) is 14.2 Å². The van der Waals surface area contributed by atoms with Crippen molar-refractivity contribution in [2.45, 2.75) is 10.8 Å². The van der Waals surface area contributed by atoms with E-state index in [9.17, 15) is 12.8 Å². The Labute approximate surface area is 135 Å². The first-order valence-electron chi connectivity index (χ1n) is 5.88. The maximum absolute atomic E-state index is 13.6. The van der Waals surface area contributed by atoms with Crippen LogP contribution in [0.15, 0.2) is 38.3 Å². The van der Waals surface area contributed by atoms with Gasteiger partial charge in [-0.25, -0.2) is 12.8 Å². The van der Waals surface area contributed by atoms with E-state index in [-0.39, 0.29) is 16.5 Å². The molecule has 1 aromatic heterocycles. The van der Waals surface area contributed by atoms with Crippen LogP contribution in [0.3, 0.4) is 0 Å². The number of sulfonamides is 1. The lowest BCUT2D eigenvalue weighted by Crippen LogP contribution is -2.25. The molecule has 0 aliphatic carbocycles. The van der Waals surface area contributed by atoms with Gasteiger partial charge >= 0.3 is 0 Å². The first-order chi connectivity index (χ1) is 9.84. The van der Waals surface area contributed by atoms with Gasteiger partial charge < -0.3 is 4.74 Å². The van der Waals surface area contributed by atoms with E-state index in [1.54, 1.807) is 12.1 Å². The second kappa shape index (κ2) is 6.43. The maximum atomic E-state index is 13.6. The first kappa shape index (κ1) is 16.4. The van der Waals surface area contributed by atoms with Crippen molar-refractivity contribution in [3.05, 3.63) is 45.5 Å². The molecule has 0 atom stereocenters. The molecule has 2 rings (SSSR count). The summed E-state index contributed by atoms with van der Waals surface area (Å²) in [6, 6.07) is 7.61. The van der Waals surface area contributed by atoms with Gasteiger partial charge in [-0.3, -0.25) is 0 Å². The third-order valence-electron chi connectivity index (χ3n) is 2.83. The lowest BCUT2D eigenvalue weighted by atomic mass is 10.2. The number of hydrogen-bond acceptors (Lipinski definition) is 4. The van der Waals surface area contributed by atoms with Gasteiger partial charge in [0.15, 0.2) is 11.6 Å². The Morgan fingerprint density at radius 1 is 1.33 bits per heavy atom. The van der Waals surface area contributed by atoms with Crippen LogP contribution in [0, 0.1) is 5.82 Å². The number of halogens is 2. The highest BCUT2D eigenvalue weighted by atomic mass is 79.9. The molecule has 114 valence electrons. The first-order valence-corrected chi connectivity index (χ1v) is 8.93. The van der Waals surface area contributed by atoms with E-state index in [0.717, 1.165) is 15.1 Å². The van der Waals surface area contributed by atoms with E-state index in [4.69, 9.17) is 4.74 Å². The molecule has 0 spiro atoms. The van der Waals surface area contributed by atoms with Crippen LogP contribution in [0.25, 0.3) is 0 Å². The summed E-state index contributed by atoms with van der Waals surface area (Å²) in [6.07, 6.45) is 0. The topological polar surface area (TPSA) is 46.6 Å². The molecule has 0 amide bonds. The van der Waals surface area contributed by atoms with Gasteiger partial charge in [-0.15, -0.1) is 11.3 Å². The van der Waals surface area contributed by atoms with E-state index in [1.807, 2.05) is 0 Å². The van der Waals surface area contributed by atoms with Crippen LogP contribution in [-0.2, 0) is 16.6 Å². The second-order valence-electron chi connectivity index (χ2n) is 4.29. The Morgan fingerprint density at radius 3 is 2.57 bits per heavy atom. The summed E-state index contributed by atoms with van der Waals surface area (Å²) in [7, 11) is -0.735. The molecule has 1 aromatic carbocycles. The smallest absolute Gasteiger partial charge is 0.252 e. The number of ether oxygens (including phenoxy) is 1. The molecule has 0 bridgehead atoms. The molecule has 0 fully saturated rings. The summed E-state index contributed by atoms with van der Waals surface area (Å²) >= 11 is 4.37. The Hall–Kier alpha value is -0.960. The third-order valence-corrected chi connectivity index (χ3v) is 6.73. The molecule has 0 N–H and O–H groups in total. The number of thiophene rings is 1. The minimum atomic E-state index is -3.58. The van der Waals surface area contributed by atoms with Crippen molar-refractivity contribution in [3.8, 4) is 5.75 Å². The van der Waals surface area contributed by atoms with Crippen molar-refractivity contribution >= 4 is 37.3 Å². The van der Waals surface area contributed by atoms with Gasteiger partial charge in [-0.2, -0.15) is 4.31 Å². The summed E-state index contributed by atoms with van der Waals surface area (Å²) in [4.78, 5) is 0. The highest BCUT2D eigenvalue weighted by molar-refractivity contribution is 9.11. The lowest BCUT2D eigenvalue weighted by Gasteiger charge is -2.16. The molecule has 21 heavy (non-hydrogen) atoms. The molecule has 8 heteroatoms. The van der Waals surface area contributed by atoms with Crippen molar-refractivity contribution in [1.82, 2.24) is 4.31 Å². The summed E-state index contributed by atoms with van der Waals surface area (Å²) in [5.41, 5.74) is 0.551. The molecular weight excluding hydrogens is 381 g/mol. The zero-order valence-corrected chi connectivity index (χ0v) is 14.6. The largest absolute Gasteiger partial charge is 0.494 e. The molecule has 1 heterocycles. The van der Waals surface area contributed by atoms with E-state index in [1.165, 1.54) is 36.7 Å². The minimum Gasteiger partial charge on any atom is -0.494 e. The number of hydrogen-bond donors (Lipinski definition) is 0. The molecule has 4 nitrogen and oxygen atoms in total. The van der Waals surface area contributed by atoms with Crippen molar-refractivity contribution in [3.63, 3.8) is 0 Å². The minimum absolute atomic E-state index is 0.0821. The fourth-order valence-corrected chi connectivity index (χ4v) is 5.12. The summed E-state index contributed by atoms with van der Waals surface area (Å²) < 4.78 is 45.3. The number of rotatable bonds is 5. The Balaban J connectivity index is 2.21. The van der Waals surface area contributed by atoms with Crippen LogP contribution in [0.4, 0.5) is 4.39 Å². The third kappa shape index (κ3) is 3.63. The molecule has 0 radical (unpaired) electrons. The van der Waals surface area contributed by atoms with Crippen LogP contribution in [0.1, 0.15) is 5.56 Å². The van der Waals surface area contributed by atoms with Gasteiger partial charge in [0.25, 0.3) is 10.0 Å². The quantitative estimate of drug-likeness (QED) is 0.780. The Bertz CT molecular complexity index is 746. The highest BCUT2D eigenvalue weighted by Gasteiger charge is 2.23. The van der Waals surface area contributed by atoms with Crippen LogP contribution < -0.4 is 4.74 Å². The lowest BCUT2D eigenvalue weighted by molar-refractivity contribution is 0.385. The normalized spacial score (nSPS) is 11.9. The van der Waals surface area contributed by atoms with Crippen molar-refractivity contribution < 1.29 is 17.5 Å². The summed E-state index contributed by atoms with van der Waals surface area (Å²) in [6.45, 7) is 0.0821. The molecular formula is C13H13BrFNO3S2. The van der Waals surface area contributed by atoms with Crippen LogP contribution in [-0.4, -0.2) is 26.9 Å². The number of nitrogens with zero attached hydrogens (tertiary/aromatic N) is 1. The average molecular weight is 394 g/mol. The van der Waals surface area contributed by atoms with Gasteiger partial charge in [0.1, 0.15) is 4.21 Å². The molecule has 0 unspecified atom stereocenters. The molecule has 0 aliphatic heterocycles. The average Bonchev–Trinajstić information content (AvgIpc) is 2.86. The predicted octanol–water partition coefficient (Wildman–Crippen LogP) is 3.48. The maximum Gasteiger partial charge on any atom is 0.252 e. The van der Waals surface area contributed by atoms with Crippen LogP contribution in [0.2, 0.25) is 0 Å². The zero-order chi connectivity index (χ0) is 15.6. The molecule has 2 aromatic rings. The Kier molecular flexibility index (Phi) is 5.03. The van der Waals surface area contributed by atoms with Gasteiger partial charge in [-0.1, -0.05) is 6.07 Å². The van der Waals surface area contributed by atoms with E-state index in [0.29, 0.717) is 5.56 Å². The number of benzene rings is 1. The zero-order valence-electron chi connectivity index (χ0n) is 11.3. The van der Waals surface area contributed by atoms with Gasteiger partial charge in [0, 0.05) is 13.6 Å². The summed E-state index contributed by atoms with van der Waals surface area (Å²) in [5, 5.41) is 0. The fraction of sp³-hybridized carbons (Fsp3) is 0.231. The van der Waals surface area contributed by atoms with Crippen LogP contribution >= 0.6 is 27.3 Å². The van der Waals surface area contributed by atoms with Crippen molar-refractivity contribution in [1.29, 1.82) is 0 Å².